The zero-order chi connectivity index (χ0) is 14.8. The van der Waals surface area contributed by atoms with E-state index in [0.29, 0.717) is 24.5 Å². The van der Waals surface area contributed by atoms with Gasteiger partial charge in [0.25, 0.3) is 0 Å². The van der Waals surface area contributed by atoms with E-state index in [-0.39, 0.29) is 18.9 Å². The number of anilines is 2. The first-order chi connectivity index (χ1) is 10.2. The number of carbonyl (C=O) groups excluding carboxylic acids is 1. The molecule has 2 aliphatic heterocycles. The van der Waals surface area contributed by atoms with Crippen LogP contribution in [0.25, 0.3) is 5.53 Å². The van der Waals surface area contributed by atoms with E-state index in [4.69, 9.17) is 10.3 Å². The fourth-order valence-corrected chi connectivity index (χ4v) is 2.54. The molecule has 1 atom stereocenters. The summed E-state index contributed by atoms with van der Waals surface area (Å²) in [6.07, 6.45) is 2.98. The molecule has 0 aliphatic carbocycles. The number of ether oxygens (including phenoxy) is 1. The van der Waals surface area contributed by atoms with Crippen LogP contribution in [0.15, 0.2) is 30.4 Å². The first-order valence-corrected chi connectivity index (χ1v) is 6.73. The van der Waals surface area contributed by atoms with E-state index in [2.05, 4.69) is 0 Å². The van der Waals surface area contributed by atoms with Crippen LogP contribution >= 0.6 is 0 Å². The molecular formula is C14H15FN4O2. The Morgan fingerprint density at radius 3 is 2.81 bits per heavy atom. The molecule has 0 radical (unpaired) electrons. The second kappa shape index (κ2) is 5.51. The second-order valence-electron chi connectivity index (χ2n) is 4.99. The normalized spacial score (nSPS) is 21.0. The number of hydrogen-bond acceptors (Lipinski definition) is 3. The molecule has 1 aromatic rings. The zero-order valence-corrected chi connectivity index (χ0v) is 11.3. The van der Waals surface area contributed by atoms with Crippen LogP contribution < -0.4 is 14.9 Å². The van der Waals surface area contributed by atoms with E-state index in [1.54, 1.807) is 12.1 Å². The quantitative estimate of drug-likeness (QED) is 0.653. The Balaban J connectivity index is 1.78. The number of benzene rings is 1. The Morgan fingerprint density at radius 2 is 2.14 bits per heavy atom. The van der Waals surface area contributed by atoms with Crippen molar-refractivity contribution in [2.75, 3.05) is 36.0 Å². The molecule has 110 valence electrons. The van der Waals surface area contributed by atoms with Gasteiger partial charge < -0.3 is 20.3 Å². The van der Waals surface area contributed by atoms with E-state index in [0.717, 1.165) is 0 Å². The van der Waals surface area contributed by atoms with Crippen molar-refractivity contribution >= 4 is 17.5 Å². The lowest BCUT2D eigenvalue weighted by Gasteiger charge is -2.20. The lowest BCUT2D eigenvalue weighted by Crippen LogP contribution is -2.67. The molecule has 6 nitrogen and oxygen atoms in total. The summed E-state index contributed by atoms with van der Waals surface area (Å²) in [5, 5.41) is 1.97. The van der Waals surface area contributed by atoms with Gasteiger partial charge in [-0.05, 0) is 18.2 Å². The summed E-state index contributed by atoms with van der Waals surface area (Å²) in [5.74, 6) is -0.368. The minimum absolute atomic E-state index is 0.141. The van der Waals surface area contributed by atoms with Gasteiger partial charge >= 0.3 is 6.09 Å². The highest BCUT2D eigenvalue weighted by molar-refractivity contribution is 5.90. The number of nitrogens with one attached hydrogen (secondary N) is 1. The summed E-state index contributed by atoms with van der Waals surface area (Å²) in [4.78, 5) is 15.0. The molecule has 3 rings (SSSR count). The van der Waals surface area contributed by atoms with Gasteiger partial charge in [0.1, 0.15) is 5.82 Å². The summed E-state index contributed by atoms with van der Waals surface area (Å²) >= 11 is 0. The summed E-state index contributed by atoms with van der Waals surface area (Å²) in [7, 11) is 0. The average Bonchev–Trinajstić information content (AvgIpc) is 3.09. The maximum absolute atomic E-state index is 14.2. The van der Waals surface area contributed by atoms with Gasteiger partial charge in [-0.3, -0.25) is 4.90 Å². The number of carbonyl (C=O) groups is 1. The van der Waals surface area contributed by atoms with Crippen LogP contribution in [0, 0.1) is 5.82 Å². The molecule has 0 saturated carbocycles. The molecule has 0 aromatic heterocycles. The molecule has 1 fully saturated rings. The average molecular weight is 290 g/mol. The number of hydrogen-bond donors (Lipinski definition) is 1. The number of halogens is 1. The minimum Gasteiger partial charge on any atom is -0.508 e. The highest BCUT2D eigenvalue weighted by Gasteiger charge is 2.33. The summed E-state index contributed by atoms with van der Waals surface area (Å²) < 4.78 is 19.3. The van der Waals surface area contributed by atoms with Gasteiger partial charge in [0, 0.05) is 13.1 Å². The monoisotopic (exact) mass is 290 g/mol. The summed E-state index contributed by atoms with van der Waals surface area (Å²) in [5.41, 5.74) is 9.61. The number of nitrogens with zero attached hydrogens (tertiary/aromatic N) is 3. The molecule has 21 heavy (non-hydrogen) atoms. The van der Waals surface area contributed by atoms with Crippen LogP contribution in [0.5, 0.6) is 0 Å². The van der Waals surface area contributed by atoms with E-state index in [9.17, 15) is 9.18 Å². The van der Waals surface area contributed by atoms with E-state index in [1.807, 2.05) is 22.2 Å². The third-order valence-corrected chi connectivity index (χ3v) is 3.59. The first-order valence-electron chi connectivity index (χ1n) is 6.73. The summed E-state index contributed by atoms with van der Waals surface area (Å²) in [6.45, 7) is 1.79. The van der Waals surface area contributed by atoms with Crippen molar-refractivity contribution in [1.82, 2.24) is 0 Å². The molecule has 7 heteroatoms. The lowest BCUT2D eigenvalue weighted by molar-refractivity contribution is -0.489. The molecule has 0 spiro atoms. The van der Waals surface area contributed by atoms with Crippen LogP contribution in [-0.2, 0) is 4.74 Å². The first kappa shape index (κ1) is 13.5. The van der Waals surface area contributed by atoms with Gasteiger partial charge in [-0.1, -0.05) is 12.2 Å². The highest BCUT2D eigenvalue weighted by atomic mass is 19.1. The van der Waals surface area contributed by atoms with Crippen molar-refractivity contribution < 1.29 is 19.0 Å². The van der Waals surface area contributed by atoms with E-state index >= 15 is 0 Å². The number of amides is 1. The topological polar surface area (TPSA) is 69.1 Å². The SMILES string of the molecule is [N-]=[NH+]C[C@H]1CN(c2ccc(N3CC=CC3)c(F)c2)C(=O)O1. The summed E-state index contributed by atoms with van der Waals surface area (Å²) in [6, 6.07) is 4.71. The molecule has 2 aliphatic rings. The number of cyclic esters (lactones) is 1. The Morgan fingerprint density at radius 1 is 1.38 bits per heavy atom. The van der Waals surface area contributed by atoms with Crippen LogP contribution in [0.3, 0.4) is 0 Å². The van der Waals surface area contributed by atoms with Gasteiger partial charge in [-0.15, -0.1) is 0 Å². The second-order valence-corrected chi connectivity index (χ2v) is 4.99. The smallest absolute Gasteiger partial charge is 0.414 e. The van der Waals surface area contributed by atoms with Crippen molar-refractivity contribution in [3.05, 3.63) is 41.7 Å². The highest BCUT2D eigenvalue weighted by Crippen LogP contribution is 2.28. The standard InChI is InChI=1S/C14H15FN4O2/c15-12-7-10(3-4-13(12)18-5-1-2-6-18)19-9-11(8-17-16)21-14(19)20/h1-4,7,11,17H,5-6,8-9H2/t11-/m0/s1. The van der Waals surface area contributed by atoms with Gasteiger partial charge in [0.05, 0.1) is 17.9 Å². The zero-order valence-electron chi connectivity index (χ0n) is 11.3. The molecular weight excluding hydrogens is 275 g/mol. The van der Waals surface area contributed by atoms with Crippen molar-refractivity contribution in [3.8, 4) is 0 Å². The Bertz CT molecular complexity index is 597. The van der Waals surface area contributed by atoms with Crippen molar-refractivity contribution in [1.29, 1.82) is 0 Å². The predicted molar refractivity (Wildman–Crippen MR) is 74.6 cm³/mol. The van der Waals surface area contributed by atoms with Gasteiger partial charge in [0.2, 0.25) is 0 Å². The molecule has 1 aromatic carbocycles. The fourth-order valence-electron chi connectivity index (χ4n) is 2.54. The Kier molecular flexibility index (Phi) is 3.55. The molecule has 1 saturated heterocycles. The predicted octanol–water partition coefficient (Wildman–Crippen LogP) is 0.629. The molecule has 1 N–H and O–H groups in total. The van der Waals surface area contributed by atoms with Gasteiger partial charge in [0.15, 0.2) is 12.6 Å². The van der Waals surface area contributed by atoms with Crippen LogP contribution in [0.2, 0.25) is 0 Å². The van der Waals surface area contributed by atoms with Crippen molar-refractivity contribution in [2.24, 2.45) is 0 Å². The molecule has 1 amide bonds. The van der Waals surface area contributed by atoms with E-state index in [1.165, 1.54) is 11.0 Å². The molecule has 0 unspecified atom stereocenters. The maximum Gasteiger partial charge on any atom is 0.414 e. The Labute approximate surface area is 121 Å². The van der Waals surface area contributed by atoms with Crippen LogP contribution in [-0.4, -0.2) is 38.4 Å². The number of rotatable bonds is 4. The lowest BCUT2D eigenvalue weighted by atomic mass is 10.2. The molecule has 0 bridgehead atoms. The maximum atomic E-state index is 14.2. The van der Waals surface area contributed by atoms with Gasteiger partial charge in [-0.2, -0.15) is 0 Å². The molecule has 2 heterocycles. The minimum atomic E-state index is -0.537. The largest absolute Gasteiger partial charge is 0.508 e. The van der Waals surface area contributed by atoms with Crippen LogP contribution in [0.1, 0.15) is 0 Å². The van der Waals surface area contributed by atoms with Gasteiger partial charge in [-0.25, -0.2) is 9.18 Å². The Hall–Kier alpha value is -2.44. The third-order valence-electron chi connectivity index (χ3n) is 3.59. The van der Waals surface area contributed by atoms with Crippen LogP contribution in [0.4, 0.5) is 20.6 Å². The fraction of sp³-hybridized carbons (Fsp3) is 0.357. The van der Waals surface area contributed by atoms with Crippen molar-refractivity contribution in [2.45, 2.75) is 6.10 Å². The third kappa shape index (κ3) is 2.58. The van der Waals surface area contributed by atoms with Crippen molar-refractivity contribution in [3.63, 3.8) is 0 Å². The van der Waals surface area contributed by atoms with E-state index < -0.39 is 12.2 Å².